The number of amides is 1. The highest BCUT2D eigenvalue weighted by atomic mass is 16.5. The fraction of sp³-hybridized carbons (Fsp3) is 0.474. The number of carbonyl (C=O) groups excluding carboxylic acids is 1. The van der Waals surface area contributed by atoms with Gasteiger partial charge in [0.2, 0.25) is 0 Å². The van der Waals surface area contributed by atoms with Crippen molar-refractivity contribution in [1.82, 2.24) is 10.1 Å². The minimum absolute atomic E-state index is 0.0942. The summed E-state index contributed by atoms with van der Waals surface area (Å²) in [5.74, 6) is 1.81. The second-order valence-electron chi connectivity index (χ2n) is 6.35. The molecule has 0 atom stereocenters. The molecule has 1 fully saturated rings. The van der Waals surface area contributed by atoms with Gasteiger partial charge in [-0.2, -0.15) is 0 Å². The van der Waals surface area contributed by atoms with Gasteiger partial charge >= 0.3 is 0 Å². The largest absolute Gasteiger partial charge is 0.497 e. The number of methoxy groups -OCH3 is 1. The Balaban J connectivity index is 1.58. The second-order valence-corrected chi connectivity index (χ2v) is 6.35. The molecule has 0 aliphatic heterocycles. The molecule has 6 nitrogen and oxygen atoms in total. The van der Waals surface area contributed by atoms with Crippen molar-refractivity contribution in [3.8, 4) is 11.5 Å². The Bertz CT molecular complexity index is 707. The first-order chi connectivity index (χ1) is 12.2. The van der Waals surface area contributed by atoms with E-state index in [-0.39, 0.29) is 12.5 Å². The Kier molecular flexibility index (Phi) is 5.58. The Morgan fingerprint density at radius 3 is 2.76 bits per heavy atom. The molecule has 0 N–H and O–H groups in total. The fourth-order valence-corrected chi connectivity index (χ4v) is 3.14. The Labute approximate surface area is 147 Å². The van der Waals surface area contributed by atoms with Crippen LogP contribution in [0, 0.1) is 0 Å². The molecule has 0 radical (unpaired) electrons. The zero-order valence-corrected chi connectivity index (χ0v) is 14.7. The molecule has 0 saturated heterocycles. The van der Waals surface area contributed by atoms with Crippen LogP contribution >= 0.6 is 0 Å². The highest BCUT2D eigenvalue weighted by Crippen LogP contribution is 2.23. The van der Waals surface area contributed by atoms with Crippen LogP contribution in [0.5, 0.6) is 11.5 Å². The van der Waals surface area contributed by atoms with E-state index in [1.807, 2.05) is 25.2 Å². The van der Waals surface area contributed by atoms with Gasteiger partial charge in [0.1, 0.15) is 18.1 Å². The maximum absolute atomic E-state index is 12.6. The number of hydrogen-bond donors (Lipinski definition) is 0. The van der Waals surface area contributed by atoms with Crippen LogP contribution in [0.3, 0.4) is 0 Å². The van der Waals surface area contributed by atoms with Crippen LogP contribution in [-0.2, 0) is 6.61 Å². The average Bonchev–Trinajstić information content (AvgIpc) is 3.15. The lowest BCUT2D eigenvalue weighted by Gasteiger charge is -2.30. The number of carbonyl (C=O) groups is 1. The predicted molar refractivity (Wildman–Crippen MR) is 92.8 cm³/mol. The molecule has 1 aromatic carbocycles. The van der Waals surface area contributed by atoms with Gasteiger partial charge in [-0.25, -0.2) is 0 Å². The van der Waals surface area contributed by atoms with E-state index in [9.17, 15) is 4.79 Å². The predicted octanol–water partition coefficient (Wildman–Crippen LogP) is 3.67. The molecule has 0 spiro atoms. The third kappa shape index (κ3) is 4.32. The van der Waals surface area contributed by atoms with Crippen LogP contribution in [0.4, 0.5) is 0 Å². The van der Waals surface area contributed by atoms with E-state index in [0.29, 0.717) is 23.2 Å². The molecule has 6 heteroatoms. The number of aromatic nitrogens is 1. The van der Waals surface area contributed by atoms with Crippen molar-refractivity contribution in [3.63, 3.8) is 0 Å². The highest BCUT2D eigenvalue weighted by molar-refractivity contribution is 5.92. The first-order valence-corrected chi connectivity index (χ1v) is 8.67. The summed E-state index contributed by atoms with van der Waals surface area (Å²) in [5.41, 5.74) is 0.331. The summed E-state index contributed by atoms with van der Waals surface area (Å²) in [4.78, 5) is 14.4. The molecule has 1 saturated carbocycles. The molecule has 2 aromatic rings. The van der Waals surface area contributed by atoms with Gasteiger partial charge in [0.15, 0.2) is 11.5 Å². The Hall–Kier alpha value is -2.50. The van der Waals surface area contributed by atoms with Crippen molar-refractivity contribution in [2.24, 2.45) is 0 Å². The van der Waals surface area contributed by atoms with Crippen LogP contribution in [0.1, 0.15) is 48.4 Å². The molecule has 134 valence electrons. The average molecular weight is 344 g/mol. The second kappa shape index (κ2) is 8.05. The van der Waals surface area contributed by atoms with E-state index in [0.717, 1.165) is 18.6 Å². The maximum atomic E-state index is 12.6. The summed E-state index contributed by atoms with van der Waals surface area (Å²) < 4.78 is 16.1. The minimum atomic E-state index is -0.0942. The fourth-order valence-electron chi connectivity index (χ4n) is 3.14. The number of rotatable bonds is 6. The van der Waals surface area contributed by atoms with E-state index in [1.165, 1.54) is 19.3 Å². The lowest BCUT2D eigenvalue weighted by molar-refractivity contribution is 0.0685. The summed E-state index contributed by atoms with van der Waals surface area (Å²) in [6.45, 7) is 0.209. The van der Waals surface area contributed by atoms with Crippen LogP contribution in [0.2, 0.25) is 0 Å². The first-order valence-electron chi connectivity index (χ1n) is 8.67. The van der Waals surface area contributed by atoms with Gasteiger partial charge in [0.25, 0.3) is 5.91 Å². The maximum Gasteiger partial charge on any atom is 0.276 e. The van der Waals surface area contributed by atoms with E-state index >= 15 is 0 Å². The van der Waals surface area contributed by atoms with Gasteiger partial charge in [-0.1, -0.05) is 30.5 Å². The van der Waals surface area contributed by atoms with Crippen LogP contribution in [0.25, 0.3) is 0 Å². The SMILES string of the molecule is COc1cccc(OCc2cc(C(=O)N(C)C3CCCCC3)no2)c1. The van der Waals surface area contributed by atoms with Crippen LogP contribution in [0.15, 0.2) is 34.9 Å². The number of benzene rings is 1. The van der Waals surface area contributed by atoms with E-state index in [2.05, 4.69) is 5.16 Å². The lowest BCUT2D eigenvalue weighted by Crippen LogP contribution is -2.38. The van der Waals surface area contributed by atoms with Gasteiger partial charge in [-0.15, -0.1) is 0 Å². The number of nitrogens with zero attached hydrogens (tertiary/aromatic N) is 2. The summed E-state index contributed by atoms with van der Waals surface area (Å²) >= 11 is 0. The minimum Gasteiger partial charge on any atom is -0.497 e. The van der Waals surface area contributed by atoms with Crippen molar-refractivity contribution in [1.29, 1.82) is 0 Å². The normalized spacial score (nSPS) is 15.0. The summed E-state index contributed by atoms with van der Waals surface area (Å²) in [6.07, 6.45) is 5.74. The van der Waals surface area contributed by atoms with Crippen LogP contribution < -0.4 is 9.47 Å². The standard InChI is InChI=1S/C19H24N2O4/c1-21(14-7-4-3-5-8-14)19(22)18-12-17(25-20-18)13-24-16-10-6-9-15(11-16)23-2/h6,9-12,14H,3-5,7-8,13H2,1-2H3. The van der Waals surface area contributed by atoms with Gasteiger partial charge in [-0.05, 0) is 25.0 Å². The van der Waals surface area contributed by atoms with Gasteiger partial charge in [0.05, 0.1) is 7.11 Å². The smallest absolute Gasteiger partial charge is 0.276 e. The van der Waals surface area contributed by atoms with Crippen molar-refractivity contribution in [2.75, 3.05) is 14.2 Å². The van der Waals surface area contributed by atoms with E-state index < -0.39 is 0 Å². The number of ether oxygens (including phenoxy) is 2. The molecule has 0 bridgehead atoms. The highest BCUT2D eigenvalue weighted by Gasteiger charge is 2.25. The van der Waals surface area contributed by atoms with Crippen molar-refractivity contribution in [2.45, 2.75) is 44.8 Å². The van der Waals surface area contributed by atoms with Crippen molar-refractivity contribution in [3.05, 3.63) is 41.8 Å². The number of hydrogen-bond acceptors (Lipinski definition) is 5. The van der Waals surface area contributed by atoms with E-state index in [4.69, 9.17) is 14.0 Å². The zero-order valence-electron chi connectivity index (χ0n) is 14.7. The molecule has 3 rings (SSSR count). The zero-order chi connectivity index (χ0) is 17.6. The molecule has 1 aromatic heterocycles. The molecule has 25 heavy (non-hydrogen) atoms. The summed E-state index contributed by atoms with van der Waals surface area (Å²) in [7, 11) is 3.45. The quantitative estimate of drug-likeness (QED) is 0.800. The molecular weight excluding hydrogens is 320 g/mol. The molecule has 1 heterocycles. The third-order valence-electron chi connectivity index (χ3n) is 4.64. The van der Waals surface area contributed by atoms with Gasteiger partial charge in [-0.3, -0.25) is 4.79 Å². The molecule has 0 unspecified atom stereocenters. The summed E-state index contributed by atoms with van der Waals surface area (Å²) in [6, 6.07) is 9.28. The Morgan fingerprint density at radius 2 is 2.00 bits per heavy atom. The van der Waals surface area contributed by atoms with E-state index in [1.54, 1.807) is 24.1 Å². The molecule has 1 aliphatic carbocycles. The lowest BCUT2D eigenvalue weighted by atomic mass is 9.94. The molecular formula is C19H24N2O4. The third-order valence-corrected chi connectivity index (χ3v) is 4.64. The Morgan fingerprint density at radius 1 is 1.24 bits per heavy atom. The monoisotopic (exact) mass is 344 g/mol. The molecule has 1 aliphatic rings. The first kappa shape index (κ1) is 17.3. The van der Waals surface area contributed by atoms with Gasteiger partial charge < -0.3 is 18.9 Å². The topological polar surface area (TPSA) is 64.8 Å². The van der Waals surface area contributed by atoms with Crippen LogP contribution in [-0.4, -0.2) is 36.2 Å². The molecule has 1 amide bonds. The van der Waals surface area contributed by atoms with Crippen molar-refractivity contribution < 1.29 is 18.8 Å². The summed E-state index contributed by atoms with van der Waals surface area (Å²) in [5, 5.41) is 3.91. The van der Waals surface area contributed by atoms with Crippen molar-refractivity contribution >= 4 is 5.91 Å². The van der Waals surface area contributed by atoms with Gasteiger partial charge in [0, 0.05) is 25.2 Å².